The lowest BCUT2D eigenvalue weighted by Crippen LogP contribution is -2.30. The Hall–Kier alpha value is -3.12. The third-order valence-electron chi connectivity index (χ3n) is 4.15. The molecule has 1 atom stereocenters. The van der Waals surface area contributed by atoms with E-state index in [9.17, 15) is 31.2 Å². The van der Waals surface area contributed by atoms with Gasteiger partial charge in [-0.1, -0.05) is 12.1 Å². The van der Waals surface area contributed by atoms with Crippen molar-refractivity contribution in [3.63, 3.8) is 0 Å². The van der Waals surface area contributed by atoms with Crippen molar-refractivity contribution >= 4 is 27.6 Å². The zero-order chi connectivity index (χ0) is 23.9. The zero-order valence-electron chi connectivity index (χ0n) is 17.1. The van der Waals surface area contributed by atoms with Crippen LogP contribution in [0.15, 0.2) is 53.4 Å². The van der Waals surface area contributed by atoms with E-state index in [0.29, 0.717) is 5.56 Å². The summed E-state index contributed by atoms with van der Waals surface area (Å²) in [6.45, 7) is 1.35. The average Bonchev–Trinajstić information content (AvgIpc) is 2.73. The van der Waals surface area contributed by atoms with Gasteiger partial charge in [0.1, 0.15) is 5.75 Å². The van der Waals surface area contributed by atoms with E-state index >= 15 is 0 Å². The molecular weight excluding hydrogens is 453 g/mol. The fraction of sp³-hybridized carbons (Fsp3) is 0.300. The van der Waals surface area contributed by atoms with Gasteiger partial charge in [-0.15, -0.1) is 13.2 Å². The minimum absolute atomic E-state index is 0.0424. The molecule has 0 radical (unpaired) electrons. The highest BCUT2D eigenvalue weighted by Gasteiger charge is 2.31. The molecular formula is C20H21F3N2O6S. The normalized spacial score (nSPS) is 12.7. The molecule has 0 bridgehead atoms. The van der Waals surface area contributed by atoms with Crippen molar-refractivity contribution in [3.05, 3.63) is 54.1 Å². The molecule has 0 aliphatic rings. The van der Waals surface area contributed by atoms with Crippen LogP contribution in [0.4, 0.5) is 18.9 Å². The van der Waals surface area contributed by atoms with Crippen molar-refractivity contribution in [1.29, 1.82) is 0 Å². The van der Waals surface area contributed by atoms with E-state index in [4.69, 9.17) is 4.74 Å². The van der Waals surface area contributed by atoms with Crippen LogP contribution >= 0.6 is 0 Å². The van der Waals surface area contributed by atoms with Gasteiger partial charge in [0, 0.05) is 12.1 Å². The SMILES string of the molecule is CNS(=O)(=O)c1ccc(CCC(=O)OC(C)C(=O)Nc2ccc(OC(F)(F)F)cc2)cc1. The number of halogens is 3. The molecule has 0 saturated heterocycles. The van der Waals surface area contributed by atoms with Gasteiger partial charge in [0.15, 0.2) is 6.10 Å². The highest BCUT2D eigenvalue weighted by atomic mass is 32.2. The third kappa shape index (κ3) is 7.85. The zero-order valence-corrected chi connectivity index (χ0v) is 17.9. The van der Waals surface area contributed by atoms with Gasteiger partial charge in [-0.2, -0.15) is 0 Å². The molecule has 0 heterocycles. The van der Waals surface area contributed by atoms with Crippen molar-refractivity contribution in [2.45, 2.75) is 37.1 Å². The molecule has 0 aliphatic carbocycles. The van der Waals surface area contributed by atoms with E-state index in [1.165, 1.54) is 38.2 Å². The Kier molecular flexibility index (Phi) is 8.22. The maximum atomic E-state index is 12.2. The Bertz CT molecular complexity index is 1040. The van der Waals surface area contributed by atoms with Crippen LogP contribution in [-0.2, 0) is 30.8 Å². The second-order valence-electron chi connectivity index (χ2n) is 6.55. The maximum Gasteiger partial charge on any atom is 0.573 e. The quantitative estimate of drug-likeness (QED) is 0.541. The molecule has 2 aromatic rings. The molecule has 8 nitrogen and oxygen atoms in total. The smallest absolute Gasteiger partial charge is 0.453 e. The molecule has 0 spiro atoms. The second-order valence-corrected chi connectivity index (χ2v) is 8.43. The molecule has 1 unspecified atom stereocenters. The summed E-state index contributed by atoms with van der Waals surface area (Å²) >= 11 is 0. The summed E-state index contributed by atoms with van der Waals surface area (Å²) in [5.74, 6) is -1.75. The van der Waals surface area contributed by atoms with Gasteiger partial charge >= 0.3 is 12.3 Å². The Balaban J connectivity index is 1.82. The van der Waals surface area contributed by atoms with Crippen LogP contribution in [-0.4, -0.2) is 39.8 Å². The largest absolute Gasteiger partial charge is 0.573 e. The number of sulfonamides is 1. The van der Waals surface area contributed by atoms with Gasteiger partial charge in [-0.25, -0.2) is 13.1 Å². The Labute approximate surface area is 182 Å². The minimum Gasteiger partial charge on any atom is -0.453 e. The second kappa shape index (κ2) is 10.5. The third-order valence-corrected chi connectivity index (χ3v) is 5.58. The predicted octanol–water partition coefficient (Wildman–Crippen LogP) is 3.00. The van der Waals surface area contributed by atoms with E-state index in [-0.39, 0.29) is 23.4 Å². The summed E-state index contributed by atoms with van der Waals surface area (Å²) in [5.41, 5.74) is 0.902. The van der Waals surface area contributed by atoms with E-state index in [1.807, 2.05) is 0 Å². The van der Waals surface area contributed by atoms with E-state index in [0.717, 1.165) is 12.1 Å². The Morgan fingerprint density at radius 3 is 2.16 bits per heavy atom. The van der Waals surface area contributed by atoms with Crippen molar-refractivity contribution < 1.29 is 40.7 Å². The fourth-order valence-electron chi connectivity index (χ4n) is 2.49. The molecule has 174 valence electrons. The minimum atomic E-state index is -4.82. The number of hydrogen-bond acceptors (Lipinski definition) is 6. The van der Waals surface area contributed by atoms with E-state index in [1.54, 1.807) is 12.1 Å². The first-order valence-corrected chi connectivity index (χ1v) is 10.8. The molecule has 2 N–H and O–H groups in total. The molecule has 2 rings (SSSR count). The first kappa shape index (κ1) is 25.1. The number of alkyl halides is 3. The number of amides is 1. The van der Waals surface area contributed by atoms with Gasteiger partial charge in [0.05, 0.1) is 4.90 Å². The highest BCUT2D eigenvalue weighted by Crippen LogP contribution is 2.24. The highest BCUT2D eigenvalue weighted by molar-refractivity contribution is 7.89. The summed E-state index contributed by atoms with van der Waals surface area (Å²) < 4.78 is 70.9. The molecule has 1 amide bonds. The van der Waals surface area contributed by atoms with Gasteiger partial charge in [-0.05, 0) is 62.4 Å². The molecule has 2 aromatic carbocycles. The first-order valence-electron chi connectivity index (χ1n) is 9.28. The van der Waals surface area contributed by atoms with Crippen LogP contribution in [0.5, 0.6) is 5.75 Å². The number of ether oxygens (including phenoxy) is 2. The summed E-state index contributed by atoms with van der Waals surface area (Å²) in [6, 6.07) is 10.5. The number of carbonyl (C=O) groups is 2. The molecule has 0 aromatic heterocycles. The standard InChI is InChI=1S/C20H21F3N2O6S/c1-13(19(27)25-15-6-8-16(9-7-15)31-20(21,22)23)30-18(26)12-5-14-3-10-17(11-4-14)32(28,29)24-2/h3-4,6-11,13,24H,5,12H2,1-2H3,(H,25,27). The van der Waals surface area contributed by atoms with E-state index < -0.39 is 40.1 Å². The Morgan fingerprint density at radius 1 is 1.03 bits per heavy atom. The topological polar surface area (TPSA) is 111 Å². The number of benzene rings is 2. The van der Waals surface area contributed by atoms with Crippen LogP contribution in [0, 0.1) is 0 Å². The molecule has 12 heteroatoms. The number of anilines is 1. The van der Waals surface area contributed by atoms with Crippen LogP contribution in [0.1, 0.15) is 18.9 Å². The van der Waals surface area contributed by atoms with Crippen LogP contribution in [0.25, 0.3) is 0 Å². The number of nitrogens with one attached hydrogen (secondary N) is 2. The Morgan fingerprint density at radius 2 is 1.62 bits per heavy atom. The van der Waals surface area contributed by atoms with Gasteiger partial charge in [0.2, 0.25) is 10.0 Å². The maximum absolute atomic E-state index is 12.2. The molecule has 0 aliphatic heterocycles. The van der Waals surface area contributed by atoms with Gasteiger partial charge in [-0.3, -0.25) is 9.59 Å². The monoisotopic (exact) mass is 474 g/mol. The number of aryl methyl sites for hydroxylation is 1. The summed E-state index contributed by atoms with van der Waals surface area (Å²) in [4.78, 5) is 24.2. The molecule has 0 fully saturated rings. The lowest BCUT2D eigenvalue weighted by Gasteiger charge is -2.14. The van der Waals surface area contributed by atoms with Gasteiger partial charge in [0.25, 0.3) is 5.91 Å². The number of esters is 1. The fourth-order valence-corrected chi connectivity index (χ4v) is 3.22. The van der Waals surface area contributed by atoms with Crippen molar-refractivity contribution in [3.8, 4) is 5.75 Å². The predicted molar refractivity (Wildman–Crippen MR) is 108 cm³/mol. The van der Waals surface area contributed by atoms with Crippen molar-refractivity contribution in [2.24, 2.45) is 0 Å². The van der Waals surface area contributed by atoms with Crippen LogP contribution in [0.3, 0.4) is 0 Å². The van der Waals surface area contributed by atoms with Gasteiger partial charge < -0.3 is 14.8 Å². The van der Waals surface area contributed by atoms with Crippen LogP contribution < -0.4 is 14.8 Å². The lowest BCUT2D eigenvalue weighted by atomic mass is 10.1. The molecule has 0 saturated carbocycles. The summed E-state index contributed by atoms with van der Waals surface area (Å²) in [7, 11) is -2.25. The molecule has 32 heavy (non-hydrogen) atoms. The lowest BCUT2D eigenvalue weighted by molar-refractivity contribution is -0.274. The first-order chi connectivity index (χ1) is 14.9. The van der Waals surface area contributed by atoms with Crippen molar-refractivity contribution in [2.75, 3.05) is 12.4 Å². The van der Waals surface area contributed by atoms with Crippen molar-refractivity contribution in [1.82, 2.24) is 4.72 Å². The number of carbonyl (C=O) groups excluding carboxylic acids is 2. The summed E-state index contributed by atoms with van der Waals surface area (Å²) in [6.07, 6.45) is -5.73. The number of hydrogen-bond donors (Lipinski definition) is 2. The number of rotatable bonds is 9. The summed E-state index contributed by atoms with van der Waals surface area (Å²) in [5, 5.41) is 2.42. The van der Waals surface area contributed by atoms with Crippen LogP contribution in [0.2, 0.25) is 0 Å². The van der Waals surface area contributed by atoms with E-state index in [2.05, 4.69) is 14.8 Å². The average molecular weight is 474 g/mol.